The minimum atomic E-state index is 0.538. The largest absolute Gasteiger partial charge is 0.366 e. The number of rotatable bonds is 4. The molecule has 2 atom stereocenters. The summed E-state index contributed by atoms with van der Waals surface area (Å²) in [6.07, 6.45) is 8.35. The van der Waals surface area contributed by atoms with Crippen molar-refractivity contribution >= 4 is 5.82 Å². The van der Waals surface area contributed by atoms with Gasteiger partial charge in [0.15, 0.2) is 5.82 Å². The topological polar surface area (TPSA) is 55.6 Å². The summed E-state index contributed by atoms with van der Waals surface area (Å²) in [6.45, 7) is 4.25. The van der Waals surface area contributed by atoms with E-state index in [0.717, 1.165) is 23.2 Å². The fourth-order valence-electron chi connectivity index (χ4n) is 3.07. The third-order valence-corrected chi connectivity index (χ3v) is 4.32. The predicted octanol–water partition coefficient (Wildman–Crippen LogP) is 3.35. The molecule has 112 valence electrons. The highest BCUT2D eigenvalue weighted by atomic mass is 15.3. The summed E-state index contributed by atoms with van der Waals surface area (Å²) in [5.74, 6) is 2.48. The maximum absolute atomic E-state index is 4.34. The van der Waals surface area contributed by atoms with Gasteiger partial charge in [0.2, 0.25) is 0 Å². The zero-order valence-corrected chi connectivity index (χ0v) is 12.8. The Morgan fingerprint density at radius 1 is 1.24 bits per heavy atom. The standard InChI is InChI=1S/C16H23N5/c1-3-13-5-4-6-14(11-13)17-15-7-8-16(19-18-15)21-10-9-12(2)20-21/h7-10,13-14H,3-6,11H2,1-2H3,(H,17,18). The molecular weight excluding hydrogens is 262 g/mol. The van der Waals surface area contributed by atoms with E-state index in [0.29, 0.717) is 6.04 Å². The molecule has 2 unspecified atom stereocenters. The van der Waals surface area contributed by atoms with Gasteiger partial charge in [0, 0.05) is 12.2 Å². The summed E-state index contributed by atoms with van der Waals surface area (Å²) < 4.78 is 1.75. The summed E-state index contributed by atoms with van der Waals surface area (Å²) in [4.78, 5) is 0. The number of aromatic nitrogens is 4. The predicted molar refractivity (Wildman–Crippen MR) is 83.6 cm³/mol. The van der Waals surface area contributed by atoms with E-state index < -0.39 is 0 Å². The molecule has 2 heterocycles. The van der Waals surface area contributed by atoms with Gasteiger partial charge in [-0.05, 0) is 43.9 Å². The Balaban J connectivity index is 1.64. The van der Waals surface area contributed by atoms with Crippen molar-refractivity contribution in [1.29, 1.82) is 0 Å². The van der Waals surface area contributed by atoms with E-state index in [2.05, 4.69) is 27.5 Å². The summed E-state index contributed by atoms with van der Waals surface area (Å²) in [5.41, 5.74) is 0.979. The fourth-order valence-corrected chi connectivity index (χ4v) is 3.07. The van der Waals surface area contributed by atoms with Gasteiger partial charge in [-0.1, -0.05) is 26.2 Å². The van der Waals surface area contributed by atoms with E-state index in [1.165, 1.54) is 32.1 Å². The highest BCUT2D eigenvalue weighted by Crippen LogP contribution is 2.28. The number of anilines is 1. The van der Waals surface area contributed by atoms with Gasteiger partial charge in [-0.3, -0.25) is 0 Å². The third-order valence-electron chi connectivity index (χ3n) is 4.32. The Bertz CT molecular complexity index is 575. The Morgan fingerprint density at radius 2 is 2.14 bits per heavy atom. The molecule has 0 spiro atoms. The zero-order chi connectivity index (χ0) is 14.7. The normalized spacial score (nSPS) is 22.2. The van der Waals surface area contributed by atoms with E-state index in [1.807, 2.05) is 31.3 Å². The summed E-state index contributed by atoms with van der Waals surface area (Å²) in [7, 11) is 0. The minimum absolute atomic E-state index is 0.538. The zero-order valence-electron chi connectivity index (χ0n) is 12.8. The molecule has 1 aliphatic rings. The quantitative estimate of drug-likeness (QED) is 0.936. The van der Waals surface area contributed by atoms with Crippen molar-refractivity contribution in [1.82, 2.24) is 20.0 Å². The Kier molecular flexibility index (Phi) is 4.18. The molecule has 1 N–H and O–H groups in total. The molecular formula is C16H23N5. The van der Waals surface area contributed by atoms with Crippen LogP contribution in [0.1, 0.15) is 44.7 Å². The average molecular weight is 285 g/mol. The van der Waals surface area contributed by atoms with Crippen LogP contribution in [0.25, 0.3) is 5.82 Å². The first kappa shape index (κ1) is 14.0. The van der Waals surface area contributed by atoms with Crippen LogP contribution < -0.4 is 5.32 Å². The van der Waals surface area contributed by atoms with Crippen LogP contribution in [0, 0.1) is 12.8 Å². The van der Waals surface area contributed by atoms with Crippen LogP contribution in [0.5, 0.6) is 0 Å². The lowest BCUT2D eigenvalue weighted by molar-refractivity contribution is 0.327. The third kappa shape index (κ3) is 3.40. The molecule has 0 aliphatic heterocycles. The van der Waals surface area contributed by atoms with Gasteiger partial charge < -0.3 is 5.32 Å². The fraction of sp³-hybridized carbons (Fsp3) is 0.562. The SMILES string of the molecule is CCC1CCCC(Nc2ccc(-n3ccc(C)n3)nn2)C1. The second-order valence-corrected chi connectivity index (χ2v) is 5.96. The number of nitrogens with one attached hydrogen (secondary N) is 1. The van der Waals surface area contributed by atoms with Gasteiger partial charge in [0.25, 0.3) is 0 Å². The van der Waals surface area contributed by atoms with Gasteiger partial charge in [0.05, 0.1) is 5.69 Å². The molecule has 0 radical (unpaired) electrons. The van der Waals surface area contributed by atoms with E-state index in [4.69, 9.17) is 0 Å². The lowest BCUT2D eigenvalue weighted by Crippen LogP contribution is -2.27. The van der Waals surface area contributed by atoms with Crippen molar-refractivity contribution in [2.45, 2.75) is 52.0 Å². The first-order chi connectivity index (χ1) is 10.2. The minimum Gasteiger partial charge on any atom is -0.366 e. The van der Waals surface area contributed by atoms with Crippen LogP contribution in [-0.2, 0) is 0 Å². The average Bonchev–Trinajstić information content (AvgIpc) is 2.95. The molecule has 0 saturated heterocycles. The van der Waals surface area contributed by atoms with Crippen molar-refractivity contribution in [2.75, 3.05) is 5.32 Å². The number of nitrogens with zero attached hydrogens (tertiary/aromatic N) is 4. The van der Waals surface area contributed by atoms with Gasteiger partial charge >= 0.3 is 0 Å². The van der Waals surface area contributed by atoms with Crippen LogP contribution in [0.4, 0.5) is 5.82 Å². The summed E-state index contributed by atoms with van der Waals surface area (Å²) in [5, 5.41) is 16.4. The first-order valence-corrected chi connectivity index (χ1v) is 7.87. The van der Waals surface area contributed by atoms with Crippen LogP contribution in [0.3, 0.4) is 0 Å². The molecule has 1 fully saturated rings. The highest BCUT2D eigenvalue weighted by Gasteiger charge is 2.20. The Morgan fingerprint density at radius 3 is 2.81 bits per heavy atom. The molecule has 5 heteroatoms. The number of hydrogen-bond acceptors (Lipinski definition) is 4. The Labute approximate surface area is 125 Å². The van der Waals surface area contributed by atoms with Crippen LogP contribution in [0.2, 0.25) is 0 Å². The first-order valence-electron chi connectivity index (χ1n) is 7.87. The van der Waals surface area contributed by atoms with Crippen LogP contribution in [-0.4, -0.2) is 26.0 Å². The van der Waals surface area contributed by atoms with Crippen LogP contribution >= 0.6 is 0 Å². The molecule has 1 saturated carbocycles. The van der Waals surface area contributed by atoms with Gasteiger partial charge in [-0.15, -0.1) is 10.2 Å². The molecule has 0 amide bonds. The van der Waals surface area contributed by atoms with Crippen molar-refractivity contribution in [2.24, 2.45) is 5.92 Å². The van der Waals surface area contributed by atoms with Crippen molar-refractivity contribution < 1.29 is 0 Å². The van der Waals surface area contributed by atoms with E-state index >= 15 is 0 Å². The molecule has 0 bridgehead atoms. The van der Waals surface area contributed by atoms with Crippen molar-refractivity contribution in [3.05, 3.63) is 30.1 Å². The van der Waals surface area contributed by atoms with Gasteiger partial charge in [-0.2, -0.15) is 5.10 Å². The van der Waals surface area contributed by atoms with Crippen molar-refractivity contribution in [3.63, 3.8) is 0 Å². The van der Waals surface area contributed by atoms with E-state index in [9.17, 15) is 0 Å². The molecule has 5 nitrogen and oxygen atoms in total. The molecule has 21 heavy (non-hydrogen) atoms. The molecule has 3 rings (SSSR count). The maximum Gasteiger partial charge on any atom is 0.175 e. The smallest absolute Gasteiger partial charge is 0.175 e. The van der Waals surface area contributed by atoms with Crippen LogP contribution in [0.15, 0.2) is 24.4 Å². The molecule has 2 aromatic heterocycles. The summed E-state index contributed by atoms with van der Waals surface area (Å²) in [6, 6.07) is 6.45. The maximum atomic E-state index is 4.34. The van der Waals surface area contributed by atoms with Gasteiger partial charge in [-0.25, -0.2) is 4.68 Å². The lowest BCUT2D eigenvalue weighted by atomic mass is 9.84. The summed E-state index contributed by atoms with van der Waals surface area (Å²) >= 11 is 0. The molecule has 2 aromatic rings. The van der Waals surface area contributed by atoms with Gasteiger partial charge in [0.1, 0.15) is 5.82 Å². The second kappa shape index (κ2) is 6.24. The number of hydrogen-bond donors (Lipinski definition) is 1. The second-order valence-electron chi connectivity index (χ2n) is 5.96. The Hall–Kier alpha value is -1.91. The lowest BCUT2D eigenvalue weighted by Gasteiger charge is -2.29. The van der Waals surface area contributed by atoms with E-state index in [-0.39, 0.29) is 0 Å². The van der Waals surface area contributed by atoms with E-state index in [1.54, 1.807) is 4.68 Å². The number of aryl methyl sites for hydroxylation is 1. The monoisotopic (exact) mass is 285 g/mol. The van der Waals surface area contributed by atoms with Crippen molar-refractivity contribution in [3.8, 4) is 5.82 Å². The highest BCUT2D eigenvalue weighted by molar-refractivity contribution is 5.37. The molecule has 1 aliphatic carbocycles. The molecule has 0 aromatic carbocycles.